The molecule has 0 spiro atoms. The van der Waals surface area contributed by atoms with E-state index in [9.17, 15) is 8.42 Å². The van der Waals surface area contributed by atoms with Gasteiger partial charge in [-0.25, -0.2) is 8.42 Å². The highest BCUT2D eigenvalue weighted by atomic mass is 32.2. The van der Waals surface area contributed by atoms with Gasteiger partial charge in [0.05, 0.1) is 6.07 Å². The number of sulfonamides is 1. The van der Waals surface area contributed by atoms with Crippen LogP contribution in [0.15, 0.2) is 30.3 Å². The van der Waals surface area contributed by atoms with Gasteiger partial charge in [-0.2, -0.15) is 5.26 Å². The van der Waals surface area contributed by atoms with Crippen molar-refractivity contribution in [2.75, 3.05) is 4.72 Å². The van der Waals surface area contributed by atoms with Crippen molar-refractivity contribution in [3.05, 3.63) is 30.3 Å². The highest BCUT2D eigenvalue weighted by Gasteiger charge is 2.19. The summed E-state index contributed by atoms with van der Waals surface area (Å²) in [5.74, 6) is 0. The number of hydrogen-bond donors (Lipinski definition) is 1. The summed E-state index contributed by atoms with van der Waals surface area (Å²) in [6, 6.07) is 10.1. The fourth-order valence-electron chi connectivity index (χ4n) is 0.828. The minimum Gasteiger partial charge on any atom is -0.282 e. The molecule has 74 valence electrons. The molecule has 14 heavy (non-hydrogen) atoms. The first-order chi connectivity index (χ1) is 6.56. The van der Waals surface area contributed by atoms with E-state index in [0.29, 0.717) is 5.69 Å². The molecule has 5 heteroatoms. The van der Waals surface area contributed by atoms with Crippen molar-refractivity contribution in [2.45, 2.75) is 12.2 Å². The number of nitriles is 1. The second-order valence-electron chi connectivity index (χ2n) is 2.78. The molecule has 1 unspecified atom stereocenters. The molecule has 1 atom stereocenters. The molecule has 0 amide bonds. The lowest BCUT2D eigenvalue weighted by Gasteiger charge is -2.08. The van der Waals surface area contributed by atoms with Crippen LogP contribution in [0.1, 0.15) is 6.92 Å². The minimum absolute atomic E-state index is 0.467. The molecule has 1 aromatic carbocycles. The Morgan fingerprint density at radius 1 is 1.36 bits per heavy atom. The second kappa shape index (κ2) is 4.11. The van der Waals surface area contributed by atoms with Crippen LogP contribution < -0.4 is 4.72 Å². The molecule has 0 radical (unpaired) electrons. The zero-order valence-corrected chi connectivity index (χ0v) is 8.45. The molecule has 0 saturated carbocycles. The van der Waals surface area contributed by atoms with E-state index >= 15 is 0 Å². The first-order valence-corrected chi connectivity index (χ1v) is 5.57. The van der Waals surface area contributed by atoms with Crippen LogP contribution in [-0.4, -0.2) is 13.7 Å². The zero-order chi connectivity index (χ0) is 10.6. The molecule has 0 aliphatic rings. The minimum atomic E-state index is -3.57. The predicted octanol–water partition coefficient (Wildman–Crippen LogP) is 1.34. The standard InChI is InChI=1S/C9H10N2O2S/c1-8(7-10)14(12,13)11-9-5-3-2-4-6-9/h2-6,8,11H,1H3. The summed E-state index contributed by atoms with van der Waals surface area (Å²) in [4.78, 5) is 0. The van der Waals surface area contributed by atoms with Gasteiger partial charge in [0.25, 0.3) is 0 Å². The van der Waals surface area contributed by atoms with E-state index in [4.69, 9.17) is 5.26 Å². The molecule has 0 heterocycles. The van der Waals surface area contributed by atoms with Crippen molar-refractivity contribution in [2.24, 2.45) is 0 Å². The van der Waals surface area contributed by atoms with Crippen LogP contribution in [0.5, 0.6) is 0 Å². The van der Waals surface area contributed by atoms with Gasteiger partial charge in [-0.05, 0) is 19.1 Å². The van der Waals surface area contributed by atoms with Gasteiger partial charge < -0.3 is 0 Å². The van der Waals surface area contributed by atoms with E-state index in [1.165, 1.54) is 6.92 Å². The lowest BCUT2D eigenvalue weighted by molar-refractivity contribution is 0.597. The third-order valence-corrected chi connectivity index (χ3v) is 3.24. The average Bonchev–Trinajstić information content (AvgIpc) is 2.17. The predicted molar refractivity (Wildman–Crippen MR) is 54.1 cm³/mol. The summed E-state index contributed by atoms with van der Waals surface area (Å²) in [5.41, 5.74) is 0.467. The Bertz CT molecular complexity index is 434. The highest BCUT2D eigenvalue weighted by Crippen LogP contribution is 2.10. The largest absolute Gasteiger partial charge is 0.282 e. The molecule has 1 rings (SSSR count). The van der Waals surface area contributed by atoms with Gasteiger partial charge >= 0.3 is 0 Å². The third kappa shape index (κ3) is 2.47. The van der Waals surface area contributed by atoms with Crippen LogP contribution in [0.25, 0.3) is 0 Å². The molecule has 0 aliphatic carbocycles. The Morgan fingerprint density at radius 2 is 1.93 bits per heavy atom. The number of rotatable bonds is 3. The van der Waals surface area contributed by atoms with Crippen molar-refractivity contribution in [3.8, 4) is 6.07 Å². The van der Waals surface area contributed by atoms with Crippen LogP contribution in [0.3, 0.4) is 0 Å². The number of nitrogens with one attached hydrogen (secondary N) is 1. The molecule has 0 aromatic heterocycles. The van der Waals surface area contributed by atoms with Crippen molar-refractivity contribution in [1.29, 1.82) is 5.26 Å². The second-order valence-corrected chi connectivity index (χ2v) is 4.79. The van der Waals surface area contributed by atoms with Crippen LogP contribution in [0.4, 0.5) is 5.69 Å². The van der Waals surface area contributed by atoms with Gasteiger partial charge in [0.2, 0.25) is 10.0 Å². The van der Waals surface area contributed by atoms with E-state index < -0.39 is 15.3 Å². The van der Waals surface area contributed by atoms with E-state index in [1.807, 2.05) is 0 Å². The molecule has 0 saturated heterocycles. The monoisotopic (exact) mass is 210 g/mol. The topological polar surface area (TPSA) is 70.0 Å². The molecule has 0 bridgehead atoms. The van der Waals surface area contributed by atoms with Crippen molar-refractivity contribution < 1.29 is 8.42 Å². The van der Waals surface area contributed by atoms with E-state index in [1.54, 1.807) is 36.4 Å². The first kappa shape index (κ1) is 10.5. The average molecular weight is 210 g/mol. The van der Waals surface area contributed by atoms with Gasteiger partial charge in [0.1, 0.15) is 0 Å². The van der Waals surface area contributed by atoms with Gasteiger partial charge in [0.15, 0.2) is 5.25 Å². The van der Waals surface area contributed by atoms with E-state index in [-0.39, 0.29) is 0 Å². The van der Waals surface area contributed by atoms with Crippen LogP contribution in [-0.2, 0) is 10.0 Å². The molecule has 0 fully saturated rings. The molecular formula is C9H10N2O2S. The molecule has 1 aromatic rings. The molecule has 0 aliphatic heterocycles. The summed E-state index contributed by atoms with van der Waals surface area (Å²) in [6.45, 7) is 1.34. The van der Waals surface area contributed by atoms with Gasteiger partial charge in [-0.1, -0.05) is 18.2 Å². The lowest BCUT2D eigenvalue weighted by atomic mass is 10.3. The fraction of sp³-hybridized carbons (Fsp3) is 0.222. The smallest absolute Gasteiger partial charge is 0.248 e. The Balaban J connectivity index is 2.86. The van der Waals surface area contributed by atoms with Crippen LogP contribution >= 0.6 is 0 Å². The van der Waals surface area contributed by atoms with Crippen molar-refractivity contribution >= 4 is 15.7 Å². The summed E-state index contributed by atoms with van der Waals surface area (Å²) < 4.78 is 25.1. The van der Waals surface area contributed by atoms with Gasteiger partial charge in [0, 0.05) is 5.69 Å². The Kier molecular flexibility index (Phi) is 3.10. The van der Waals surface area contributed by atoms with E-state index in [2.05, 4.69) is 4.72 Å². The van der Waals surface area contributed by atoms with Crippen molar-refractivity contribution in [1.82, 2.24) is 0 Å². The summed E-state index contributed by atoms with van der Waals surface area (Å²) in [6.07, 6.45) is 0. The quantitative estimate of drug-likeness (QED) is 0.818. The third-order valence-electron chi connectivity index (χ3n) is 1.68. The number of nitrogens with zero attached hydrogens (tertiary/aromatic N) is 1. The lowest BCUT2D eigenvalue weighted by Crippen LogP contribution is -2.23. The molecule has 4 nitrogen and oxygen atoms in total. The molecular weight excluding hydrogens is 200 g/mol. The Labute approximate surface area is 83.2 Å². The number of benzene rings is 1. The highest BCUT2D eigenvalue weighted by molar-refractivity contribution is 7.93. The SMILES string of the molecule is CC(C#N)S(=O)(=O)Nc1ccccc1. The summed E-state index contributed by atoms with van der Waals surface area (Å²) >= 11 is 0. The molecule has 1 N–H and O–H groups in total. The zero-order valence-electron chi connectivity index (χ0n) is 7.64. The normalized spacial score (nSPS) is 12.9. The fourth-order valence-corrected chi connectivity index (χ4v) is 1.61. The summed E-state index contributed by atoms with van der Waals surface area (Å²) in [7, 11) is -3.57. The maximum atomic E-state index is 11.4. The Morgan fingerprint density at radius 3 is 2.43 bits per heavy atom. The van der Waals surface area contributed by atoms with E-state index in [0.717, 1.165) is 0 Å². The number of para-hydroxylation sites is 1. The van der Waals surface area contributed by atoms with Gasteiger partial charge in [-0.15, -0.1) is 0 Å². The number of anilines is 1. The number of hydrogen-bond acceptors (Lipinski definition) is 3. The Hall–Kier alpha value is -1.54. The maximum Gasteiger partial charge on any atom is 0.248 e. The van der Waals surface area contributed by atoms with Crippen LogP contribution in [0.2, 0.25) is 0 Å². The first-order valence-electron chi connectivity index (χ1n) is 4.02. The maximum absolute atomic E-state index is 11.4. The van der Waals surface area contributed by atoms with Gasteiger partial charge in [-0.3, -0.25) is 4.72 Å². The summed E-state index contributed by atoms with van der Waals surface area (Å²) in [5, 5.41) is 7.43. The van der Waals surface area contributed by atoms with Crippen LogP contribution in [0, 0.1) is 11.3 Å². The van der Waals surface area contributed by atoms with Crippen molar-refractivity contribution in [3.63, 3.8) is 0 Å².